The lowest BCUT2D eigenvalue weighted by Crippen LogP contribution is -2.45. The number of carbonyl (C=O) groups excluding carboxylic acids is 2. The summed E-state index contributed by atoms with van der Waals surface area (Å²) in [6.45, 7) is 0.910. The molecule has 1 fully saturated rings. The van der Waals surface area contributed by atoms with Gasteiger partial charge in [0, 0.05) is 18.8 Å². The first kappa shape index (κ1) is 16.3. The van der Waals surface area contributed by atoms with E-state index in [1.807, 2.05) is 0 Å². The fourth-order valence-electron chi connectivity index (χ4n) is 2.55. The first-order valence-electron chi connectivity index (χ1n) is 7.50. The van der Waals surface area contributed by atoms with E-state index < -0.39 is 0 Å². The zero-order valence-electron chi connectivity index (χ0n) is 12.7. The van der Waals surface area contributed by atoms with Crippen molar-refractivity contribution in [1.82, 2.24) is 15.1 Å². The van der Waals surface area contributed by atoms with Crippen LogP contribution in [0.4, 0.5) is 20.0 Å². The van der Waals surface area contributed by atoms with Crippen molar-refractivity contribution in [2.45, 2.75) is 12.8 Å². The van der Waals surface area contributed by atoms with Crippen molar-refractivity contribution in [2.24, 2.45) is 5.92 Å². The van der Waals surface area contributed by atoms with E-state index in [0.717, 1.165) is 6.42 Å². The minimum atomic E-state index is -0.362. The normalized spacial score (nSPS) is 17.4. The van der Waals surface area contributed by atoms with Gasteiger partial charge in [-0.3, -0.25) is 4.79 Å². The first-order valence-corrected chi connectivity index (χ1v) is 8.38. The highest BCUT2D eigenvalue weighted by Gasteiger charge is 2.28. The van der Waals surface area contributed by atoms with Crippen molar-refractivity contribution >= 4 is 34.1 Å². The molecule has 2 heterocycles. The number of aromatic nitrogens is 2. The Labute approximate surface area is 141 Å². The molecule has 0 bridgehead atoms. The van der Waals surface area contributed by atoms with Gasteiger partial charge in [0.15, 0.2) is 0 Å². The van der Waals surface area contributed by atoms with Gasteiger partial charge in [-0.15, -0.1) is 10.2 Å². The Morgan fingerprint density at radius 2 is 2.04 bits per heavy atom. The van der Waals surface area contributed by atoms with Gasteiger partial charge in [0.1, 0.15) is 11.3 Å². The summed E-state index contributed by atoms with van der Waals surface area (Å²) < 4.78 is 12.9. The van der Waals surface area contributed by atoms with Gasteiger partial charge >= 0.3 is 6.03 Å². The van der Waals surface area contributed by atoms with Gasteiger partial charge < -0.3 is 15.5 Å². The number of halogens is 1. The van der Waals surface area contributed by atoms with Crippen LogP contribution in [0.3, 0.4) is 0 Å². The molecular weight excluding hydrogens is 333 g/mol. The lowest BCUT2D eigenvalue weighted by Gasteiger charge is -2.31. The molecule has 126 valence electrons. The van der Waals surface area contributed by atoms with E-state index in [2.05, 4.69) is 20.8 Å². The summed E-state index contributed by atoms with van der Waals surface area (Å²) in [5.74, 6) is -0.813. The van der Waals surface area contributed by atoms with Crippen molar-refractivity contribution < 1.29 is 14.0 Å². The topological polar surface area (TPSA) is 87.2 Å². The molecule has 0 radical (unpaired) electrons. The summed E-state index contributed by atoms with van der Waals surface area (Å²) in [5, 5.41) is 13.3. The molecule has 1 aromatic carbocycles. The van der Waals surface area contributed by atoms with E-state index in [4.69, 9.17) is 0 Å². The zero-order chi connectivity index (χ0) is 16.9. The Kier molecular flexibility index (Phi) is 4.99. The standard InChI is InChI=1S/C15H16FN5O2S/c16-11-3-5-12(6-4-11)18-15(23)21-7-1-2-10(8-21)13(22)19-14-20-17-9-24-14/h3-6,9-10H,1-2,7-8H2,(H,18,23)(H,19,20,22). The number of hydrogen-bond acceptors (Lipinski definition) is 5. The van der Waals surface area contributed by atoms with Crippen molar-refractivity contribution in [3.05, 3.63) is 35.6 Å². The summed E-state index contributed by atoms with van der Waals surface area (Å²) in [5.41, 5.74) is 2.06. The Morgan fingerprint density at radius 1 is 1.25 bits per heavy atom. The second kappa shape index (κ2) is 7.35. The van der Waals surface area contributed by atoms with E-state index in [1.165, 1.54) is 35.6 Å². The number of nitrogens with zero attached hydrogens (tertiary/aromatic N) is 3. The maximum atomic E-state index is 12.9. The largest absolute Gasteiger partial charge is 0.324 e. The molecule has 3 rings (SSSR count). The van der Waals surface area contributed by atoms with Crippen LogP contribution in [0.15, 0.2) is 29.8 Å². The van der Waals surface area contributed by atoms with E-state index in [0.29, 0.717) is 30.3 Å². The van der Waals surface area contributed by atoms with Crippen LogP contribution in [0.5, 0.6) is 0 Å². The molecule has 1 aromatic heterocycles. The number of nitrogens with one attached hydrogen (secondary N) is 2. The first-order chi connectivity index (χ1) is 11.6. The fourth-order valence-corrected chi connectivity index (χ4v) is 2.99. The predicted octanol–water partition coefficient (Wildman–Crippen LogP) is 2.56. The van der Waals surface area contributed by atoms with Crippen LogP contribution in [-0.4, -0.2) is 40.1 Å². The van der Waals surface area contributed by atoms with Gasteiger partial charge in [-0.05, 0) is 37.1 Å². The molecule has 9 heteroatoms. The highest BCUT2D eigenvalue weighted by atomic mass is 32.1. The average molecular weight is 349 g/mol. The molecule has 1 unspecified atom stereocenters. The Hall–Kier alpha value is -2.55. The van der Waals surface area contributed by atoms with Crippen LogP contribution in [0.2, 0.25) is 0 Å². The van der Waals surface area contributed by atoms with E-state index in [-0.39, 0.29) is 23.7 Å². The number of benzene rings is 1. The molecule has 1 atom stereocenters. The van der Waals surface area contributed by atoms with Gasteiger partial charge in [0.2, 0.25) is 11.0 Å². The number of hydrogen-bond donors (Lipinski definition) is 2. The summed E-state index contributed by atoms with van der Waals surface area (Å²) in [6.07, 6.45) is 1.45. The summed E-state index contributed by atoms with van der Waals surface area (Å²) in [6, 6.07) is 5.26. The van der Waals surface area contributed by atoms with Gasteiger partial charge in [-0.2, -0.15) is 0 Å². The smallest absolute Gasteiger partial charge is 0.321 e. The summed E-state index contributed by atoms with van der Waals surface area (Å²) in [4.78, 5) is 26.2. The molecule has 2 aromatic rings. The van der Waals surface area contributed by atoms with Crippen molar-refractivity contribution in [2.75, 3.05) is 23.7 Å². The minimum absolute atomic E-state index is 0.161. The molecule has 7 nitrogen and oxygen atoms in total. The van der Waals surface area contributed by atoms with Crippen LogP contribution >= 0.6 is 11.3 Å². The molecule has 1 aliphatic heterocycles. The second-order valence-electron chi connectivity index (χ2n) is 5.46. The molecule has 0 saturated carbocycles. The molecule has 1 aliphatic rings. The summed E-state index contributed by atoms with van der Waals surface area (Å²) in [7, 11) is 0. The number of amides is 3. The number of urea groups is 1. The molecular formula is C15H16FN5O2S. The molecule has 0 spiro atoms. The highest BCUT2D eigenvalue weighted by Crippen LogP contribution is 2.20. The van der Waals surface area contributed by atoms with Gasteiger partial charge in [-0.1, -0.05) is 11.3 Å². The van der Waals surface area contributed by atoms with Crippen LogP contribution in [0.25, 0.3) is 0 Å². The van der Waals surface area contributed by atoms with E-state index >= 15 is 0 Å². The minimum Gasteiger partial charge on any atom is -0.324 e. The highest BCUT2D eigenvalue weighted by molar-refractivity contribution is 7.13. The monoisotopic (exact) mass is 349 g/mol. The number of likely N-dealkylation sites (tertiary alicyclic amines) is 1. The van der Waals surface area contributed by atoms with Crippen LogP contribution in [0, 0.1) is 11.7 Å². The van der Waals surface area contributed by atoms with Crippen LogP contribution in [-0.2, 0) is 4.79 Å². The number of carbonyl (C=O) groups is 2. The predicted molar refractivity (Wildman–Crippen MR) is 88.3 cm³/mol. The molecule has 0 aliphatic carbocycles. The van der Waals surface area contributed by atoms with Gasteiger partial charge in [0.25, 0.3) is 0 Å². The molecule has 1 saturated heterocycles. The number of anilines is 2. The van der Waals surface area contributed by atoms with E-state index in [1.54, 1.807) is 10.4 Å². The molecule has 24 heavy (non-hydrogen) atoms. The fraction of sp³-hybridized carbons (Fsp3) is 0.333. The third-order valence-corrected chi connectivity index (χ3v) is 4.37. The maximum absolute atomic E-state index is 12.9. The third-order valence-electron chi connectivity index (χ3n) is 3.77. The number of rotatable bonds is 3. The number of piperidine rings is 1. The van der Waals surface area contributed by atoms with Crippen molar-refractivity contribution in [1.29, 1.82) is 0 Å². The quantitative estimate of drug-likeness (QED) is 0.891. The maximum Gasteiger partial charge on any atom is 0.321 e. The Balaban J connectivity index is 1.57. The SMILES string of the molecule is O=C(Nc1nncs1)C1CCCN(C(=O)Nc2ccc(F)cc2)C1. The lowest BCUT2D eigenvalue weighted by molar-refractivity contribution is -0.121. The molecule has 2 N–H and O–H groups in total. The average Bonchev–Trinajstić information content (AvgIpc) is 3.10. The van der Waals surface area contributed by atoms with E-state index in [9.17, 15) is 14.0 Å². The van der Waals surface area contributed by atoms with Crippen LogP contribution in [0.1, 0.15) is 12.8 Å². The van der Waals surface area contributed by atoms with Gasteiger partial charge in [-0.25, -0.2) is 9.18 Å². The Morgan fingerprint density at radius 3 is 2.75 bits per heavy atom. The van der Waals surface area contributed by atoms with Crippen molar-refractivity contribution in [3.63, 3.8) is 0 Å². The lowest BCUT2D eigenvalue weighted by atomic mass is 9.97. The summed E-state index contributed by atoms with van der Waals surface area (Å²) >= 11 is 1.25. The van der Waals surface area contributed by atoms with Crippen molar-refractivity contribution in [3.8, 4) is 0 Å². The Bertz CT molecular complexity index is 707. The van der Waals surface area contributed by atoms with Gasteiger partial charge in [0.05, 0.1) is 5.92 Å². The third kappa shape index (κ3) is 4.05. The molecule has 3 amide bonds. The van der Waals surface area contributed by atoms with Crippen LogP contribution < -0.4 is 10.6 Å². The second-order valence-corrected chi connectivity index (χ2v) is 6.29. The zero-order valence-corrected chi connectivity index (χ0v) is 13.6.